The lowest BCUT2D eigenvalue weighted by Crippen LogP contribution is -2.29. The fraction of sp³-hybridized carbons (Fsp3) is 0.318. The molecule has 0 aromatic heterocycles. The fourth-order valence-electron chi connectivity index (χ4n) is 2.30. The number of aliphatic carboxylic acids is 1. The van der Waals surface area contributed by atoms with Crippen LogP contribution in [0.4, 0.5) is 0 Å². The number of ether oxygens (including phenoxy) is 1. The summed E-state index contributed by atoms with van der Waals surface area (Å²) in [6, 6.07) is 18.0. The molecule has 0 amide bonds. The second-order valence-electron chi connectivity index (χ2n) is 6.89. The van der Waals surface area contributed by atoms with Gasteiger partial charge < -0.3 is 15.2 Å². The lowest BCUT2D eigenvalue weighted by molar-refractivity contribution is -0.147. The molecule has 4 heteroatoms. The first-order chi connectivity index (χ1) is 12.5. The standard InChI is InChI=1S/C22H27NO3/c1-22(2,21(24)25)14-16-23-15-6-9-18-10-12-20(13-11-18)26-17-19-7-4-3-5-8-19/h3-13,23H,14-17H2,1-2H3,(H,24,25)/b9-6+. The number of nitrogens with one attached hydrogen (secondary N) is 1. The van der Waals surface area contributed by atoms with E-state index >= 15 is 0 Å². The van der Waals surface area contributed by atoms with Crippen molar-refractivity contribution in [2.75, 3.05) is 13.1 Å². The van der Waals surface area contributed by atoms with Crippen LogP contribution in [0.2, 0.25) is 0 Å². The highest BCUT2D eigenvalue weighted by molar-refractivity contribution is 5.73. The third-order valence-corrected chi connectivity index (χ3v) is 4.21. The van der Waals surface area contributed by atoms with Gasteiger partial charge in [0.25, 0.3) is 0 Å². The van der Waals surface area contributed by atoms with Gasteiger partial charge in [0.15, 0.2) is 0 Å². The van der Waals surface area contributed by atoms with E-state index in [1.807, 2.05) is 66.7 Å². The Hall–Kier alpha value is -2.59. The summed E-state index contributed by atoms with van der Waals surface area (Å²) in [5, 5.41) is 12.3. The molecule has 2 rings (SSSR count). The molecule has 0 aliphatic carbocycles. The van der Waals surface area contributed by atoms with Gasteiger partial charge in [0.05, 0.1) is 5.41 Å². The Kier molecular flexibility index (Phi) is 7.42. The van der Waals surface area contributed by atoms with Crippen LogP contribution >= 0.6 is 0 Å². The van der Waals surface area contributed by atoms with Crippen LogP contribution in [-0.2, 0) is 11.4 Å². The van der Waals surface area contributed by atoms with Crippen molar-refractivity contribution in [1.29, 1.82) is 0 Å². The molecule has 0 radical (unpaired) electrons. The Balaban J connectivity index is 1.70. The van der Waals surface area contributed by atoms with Gasteiger partial charge >= 0.3 is 5.97 Å². The van der Waals surface area contributed by atoms with Crippen LogP contribution in [0.15, 0.2) is 60.7 Å². The van der Waals surface area contributed by atoms with Gasteiger partial charge in [-0.2, -0.15) is 0 Å². The zero-order chi connectivity index (χ0) is 18.8. The van der Waals surface area contributed by atoms with Crippen molar-refractivity contribution < 1.29 is 14.6 Å². The summed E-state index contributed by atoms with van der Waals surface area (Å²) < 4.78 is 5.77. The topological polar surface area (TPSA) is 58.6 Å². The lowest BCUT2D eigenvalue weighted by Gasteiger charge is -2.18. The summed E-state index contributed by atoms with van der Waals surface area (Å²) in [6.07, 6.45) is 4.67. The van der Waals surface area contributed by atoms with Gasteiger partial charge in [-0.1, -0.05) is 54.6 Å². The van der Waals surface area contributed by atoms with Gasteiger partial charge in [0.2, 0.25) is 0 Å². The predicted molar refractivity (Wildman–Crippen MR) is 105 cm³/mol. The highest BCUT2D eigenvalue weighted by atomic mass is 16.5. The van der Waals surface area contributed by atoms with E-state index in [0.717, 1.165) is 16.9 Å². The van der Waals surface area contributed by atoms with Gasteiger partial charge in [-0.3, -0.25) is 4.79 Å². The Labute approximate surface area is 155 Å². The lowest BCUT2D eigenvalue weighted by atomic mass is 9.90. The smallest absolute Gasteiger partial charge is 0.309 e. The van der Waals surface area contributed by atoms with Crippen molar-refractivity contribution in [3.8, 4) is 5.75 Å². The molecular formula is C22H27NO3. The first-order valence-corrected chi connectivity index (χ1v) is 8.85. The second-order valence-corrected chi connectivity index (χ2v) is 6.89. The van der Waals surface area contributed by atoms with Crippen LogP contribution in [0.3, 0.4) is 0 Å². The van der Waals surface area contributed by atoms with Gasteiger partial charge in [-0.25, -0.2) is 0 Å². The molecule has 2 aromatic rings. The Bertz CT molecular complexity index is 706. The highest BCUT2D eigenvalue weighted by Crippen LogP contribution is 2.19. The van der Waals surface area contributed by atoms with Gasteiger partial charge in [-0.05, 0) is 50.1 Å². The monoisotopic (exact) mass is 353 g/mol. The average Bonchev–Trinajstić information content (AvgIpc) is 2.64. The van der Waals surface area contributed by atoms with Crippen molar-refractivity contribution in [3.05, 3.63) is 71.8 Å². The molecule has 0 bridgehead atoms. The molecule has 0 aliphatic rings. The van der Waals surface area contributed by atoms with Crippen LogP contribution < -0.4 is 10.1 Å². The first kappa shape index (κ1) is 19.7. The number of rotatable bonds is 10. The van der Waals surface area contributed by atoms with Crippen LogP contribution in [-0.4, -0.2) is 24.2 Å². The molecule has 0 heterocycles. The minimum atomic E-state index is -0.760. The number of carboxylic acids is 1. The molecule has 0 saturated heterocycles. The molecule has 0 fully saturated rings. The van der Waals surface area contributed by atoms with Crippen LogP contribution in [0.1, 0.15) is 31.4 Å². The minimum Gasteiger partial charge on any atom is -0.489 e. The Morgan fingerprint density at radius 2 is 1.81 bits per heavy atom. The maximum absolute atomic E-state index is 11.0. The highest BCUT2D eigenvalue weighted by Gasteiger charge is 2.25. The molecule has 2 aromatic carbocycles. The van der Waals surface area contributed by atoms with Crippen LogP contribution in [0, 0.1) is 5.41 Å². The van der Waals surface area contributed by atoms with Crippen molar-refractivity contribution in [1.82, 2.24) is 5.32 Å². The summed E-state index contributed by atoms with van der Waals surface area (Å²) in [4.78, 5) is 11.0. The zero-order valence-corrected chi connectivity index (χ0v) is 15.4. The number of benzene rings is 2. The molecule has 0 spiro atoms. The fourth-order valence-corrected chi connectivity index (χ4v) is 2.30. The SMILES string of the molecule is CC(C)(CCNC/C=C/c1ccc(OCc2ccccc2)cc1)C(=O)O. The summed E-state index contributed by atoms with van der Waals surface area (Å²) in [7, 11) is 0. The van der Waals surface area contributed by atoms with Gasteiger partial charge in [0, 0.05) is 6.54 Å². The summed E-state index contributed by atoms with van der Waals surface area (Å²) in [5.74, 6) is 0.0874. The van der Waals surface area contributed by atoms with E-state index in [1.165, 1.54) is 0 Å². The Morgan fingerprint density at radius 3 is 2.46 bits per heavy atom. The van der Waals surface area contributed by atoms with Crippen molar-refractivity contribution in [2.45, 2.75) is 26.9 Å². The second kappa shape index (κ2) is 9.78. The van der Waals surface area contributed by atoms with E-state index in [2.05, 4.69) is 5.32 Å². The predicted octanol–water partition coefficient (Wildman–Crippen LogP) is 4.37. The first-order valence-electron chi connectivity index (χ1n) is 8.85. The van der Waals surface area contributed by atoms with E-state index in [0.29, 0.717) is 26.1 Å². The maximum Gasteiger partial charge on any atom is 0.309 e. The van der Waals surface area contributed by atoms with E-state index in [1.54, 1.807) is 13.8 Å². The van der Waals surface area contributed by atoms with E-state index < -0.39 is 11.4 Å². The zero-order valence-electron chi connectivity index (χ0n) is 15.4. The molecule has 0 saturated carbocycles. The van der Waals surface area contributed by atoms with E-state index in [4.69, 9.17) is 9.84 Å². The van der Waals surface area contributed by atoms with Crippen LogP contribution in [0.25, 0.3) is 6.08 Å². The van der Waals surface area contributed by atoms with Crippen LogP contribution in [0.5, 0.6) is 5.75 Å². The minimum absolute atomic E-state index is 0.562. The molecule has 0 unspecified atom stereocenters. The normalized spacial score (nSPS) is 11.6. The molecular weight excluding hydrogens is 326 g/mol. The third-order valence-electron chi connectivity index (χ3n) is 4.21. The van der Waals surface area contributed by atoms with Crippen molar-refractivity contribution in [3.63, 3.8) is 0 Å². The summed E-state index contributed by atoms with van der Waals surface area (Å²) in [6.45, 7) is 5.44. The number of carboxylic acid groups (broad SMARTS) is 1. The average molecular weight is 353 g/mol. The van der Waals surface area contributed by atoms with Crippen molar-refractivity contribution in [2.24, 2.45) is 5.41 Å². The number of carbonyl (C=O) groups is 1. The quantitative estimate of drug-likeness (QED) is 0.623. The van der Waals surface area contributed by atoms with Gasteiger partial charge in [-0.15, -0.1) is 0 Å². The number of hydrogen-bond donors (Lipinski definition) is 2. The molecule has 26 heavy (non-hydrogen) atoms. The van der Waals surface area contributed by atoms with Crippen molar-refractivity contribution >= 4 is 12.0 Å². The maximum atomic E-state index is 11.0. The van der Waals surface area contributed by atoms with E-state index in [9.17, 15) is 4.79 Å². The third kappa shape index (κ3) is 6.73. The number of hydrogen-bond acceptors (Lipinski definition) is 3. The molecule has 4 nitrogen and oxygen atoms in total. The largest absolute Gasteiger partial charge is 0.489 e. The molecule has 0 atom stereocenters. The summed E-state index contributed by atoms with van der Waals surface area (Å²) >= 11 is 0. The Morgan fingerprint density at radius 1 is 1.12 bits per heavy atom. The molecule has 2 N–H and O–H groups in total. The summed E-state index contributed by atoms with van der Waals surface area (Å²) in [5.41, 5.74) is 1.56. The van der Waals surface area contributed by atoms with E-state index in [-0.39, 0.29) is 0 Å². The molecule has 0 aliphatic heterocycles. The van der Waals surface area contributed by atoms with Gasteiger partial charge in [0.1, 0.15) is 12.4 Å². The molecule has 138 valence electrons.